The topological polar surface area (TPSA) is 65.5 Å². The molecule has 1 aromatic rings. The number of guanidine groups is 1. The molecule has 0 spiro atoms. The highest BCUT2D eigenvalue weighted by molar-refractivity contribution is 5.81. The van der Waals surface area contributed by atoms with Crippen LogP contribution in [-0.4, -0.2) is 24.2 Å². The molecule has 0 amide bonds. The molecule has 4 heteroatoms. The third kappa shape index (κ3) is 2.94. The SMILES string of the molecule is CN(N=Cc1ccccc1)C(=N)N. The van der Waals surface area contributed by atoms with E-state index in [1.807, 2.05) is 30.3 Å². The first kappa shape index (κ1) is 9.25. The van der Waals surface area contributed by atoms with E-state index in [2.05, 4.69) is 5.10 Å². The quantitative estimate of drug-likeness (QED) is 0.398. The molecule has 1 rings (SSSR count). The van der Waals surface area contributed by atoms with Gasteiger partial charge in [-0.25, -0.2) is 5.01 Å². The zero-order chi connectivity index (χ0) is 9.68. The van der Waals surface area contributed by atoms with E-state index in [1.165, 1.54) is 5.01 Å². The number of nitrogens with one attached hydrogen (secondary N) is 1. The molecule has 0 atom stereocenters. The van der Waals surface area contributed by atoms with E-state index in [4.69, 9.17) is 11.1 Å². The normalized spacial score (nSPS) is 10.2. The minimum Gasteiger partial charge on any atom is -0.369 e. The average molecular weight is 176 g/mol. The van der Waals surface area contributed by atoms with Crippen LogP contribution in [0.1, 0.15) is 5.56 Å². The van der Waals surface area contributed by atoms with Crippen LogP contribution in [0.5, 0.6) is 0 Å². The average Bonchev–Trinajstić information content (AvgIpc) is 2.15. The summed E-state index contributed by atoms with van der Waals surface area (Å²) in [4.78, 5) is 0. The van der Waals surface area contributed by atoms with Gasteiger partial charge in [0.15, 0.2) is 0 Å². The molecule has 1 aromatic carbocycles. The van der Waals surface area contributed by atoms with E-state index >= 15 is 0 Å². The maximum atomic E-state index is 7.06. The number of hydrazone groups is 1. The summed E-state index contributed by atoms with van der Waals surface area (Å²) in [7, 11) is 1.63. The molecule has 0 saturated heterocycles. The van der Waals surface area contributed by atoms with Gasteiger partial charge in [0.2, 0.25) is 5.96 Å². The molecule has 68 valence electrons. The molecular weight excluding hydrogens is 164 g/mol. The number of hydrogen-bond donors (Lipinski definition) is 2. The van der Waals surface area contributed by atoms with Gasteiger partial charge in [0.05, 0.1) is 6.21 Å². The fourth-order valence-corrected chi connectivity index (χ4v) is 0.755. The first-order valence-corrected chi connectivity index (χ1v) is 3.87. The van der Waals surface area contributed by atoms with Gasteiger partial charge >= 0.3 is 0 Å². The van der Waals surface area contributed by atoms with Crippen molar-refractivity contribution in [3.8, 4) is 0 Å². The molecule has 0 saturated carbocycles. The molecule has 0 aliphatic carbocycles. The smallest absolute Gasteiger partial charge is 0.208 e. The minimum atomic E-state index is -0.0767. The van der Waals surface area contributed by atoms with Crippen LogP contribution in [0, 0.1) is 5.41 Å². The van der Waals surface area contributed by atoms with Crippen molar-refractivity contribution in [1.82, 2.24) is 5.01 Å². The van der Waals surface area contributed by atoms with Crippen LogP contribution in [0.25, 0.3) is 0 Å². The van der Waals surface area contributed by atoms with E-state index in [9.17, 15) is 0 Å². The lowest BCUT2D eigenvalue weighted by Gasteiger charge is -2.07. The monoisotopic (exact) mass is 176 g/mol. The summed E-state index contributed by atoms with van der Waals surface area (Å²) in [5, 5.41) is 12.3. The zero-order valence-corrected chi connectivity index (χ0v) is 7.44. The Kier molecular flexibility index (Phi) is 3.03. The van der Waals surface area contributed by atoms with Gasteiger partial charge in [-0.1, -0.05) is 30.3 Å². The molecule has 0 radical (unpaired) electrons. The molecule has 0 heterocycles. The van der Waals surface area contributed by atoms with Crippen molar-refractivity contribution >= 4 is 12.2 Å². The summed E-state index contributed by atoms with van der Waals surface area (Å²) in [5.74, 6) is -0.0767. The van der Waals surface area contributed by atoms with Crippen LogP contribution in [0.2, 0.25) is 0 Å². The molecular formula is C9H12N4. The summed E-state index contributed by atoms with van der Waals surface area (Å²) in [6.07, 6.45) is 1.65. The predicted molar refractivity (Wildman–Crippen MR) is 53.7 cm³/mol. The number of nitrogens with zero attached hydrogens (tertiary/aromatic N) is 2. The van der Waals surface area contributed by atoms with Crippen LogP contribution in [0.3, 0.4) is 0 Å². The lowest BCUT2D eigenvalue weighted by atomic mass is 10.2. The van der Waals surface area contributed by atoms with Gasteiger partial charge in [-0.05, 0) is 5.56 Å². The maximum Gasteiger partial charge on any atom is 0.208 e. The van der Waals surface area contributed by atoms with E-state index in [0.29, 0.717) is 0 Å². The Morgan fingerprint density at radius 3 is 2.62 bits per heavy atom. The summed E-state index contributed by atoms with van der Waals surface area (Å²) in [6, 6.07) is 9.64. The molecule has 13 heavy (non-hydrogen) atoms. The summed E-state index contributed by atoms with van der Waals surface area (Å²) in [5.41, 5.74) is 6.18. The molecule has 0 aliphatic rings. The van der Waals surface area contributed by atoms with Gasteiger partial charge in [-0.3, -0.25) is 5.41 Å². The van der Waals surface area contributed by atoms with Gasteiger partial charge in [-0.2, -0.15) is 5.10 Å². The largest absolute Gasteiger partial charge is 0.369 e. The summed E-state index contributed by atoms with van der Waals surface area (Å²) >= 11 is 0. The van der Waals surface area contributed by atoms with Crippen molar-refractivity contribution in [2.24, 2.45) is 10.8 Å². The van der Waals surface area contributed by atoms with Crippen molar-refractivity contribution in [1.29, 1.82) is 5.41 Å². The third-order valence-electron chi connectivity index (χ3n) is 1.53. The highest BCUT2D eigenvalue weighted by Crippen LogP contribution is 1.94. The van der Waals surface area contributed by atoms with E-state index in [0.717, 1.165) is 5.56 Å². The van der Waals surface area contributed by atoms with Crippen LogP contribution >= 0.6 is 0 Å². The fourth-order valence-electron chi connectivity index (χ4n) is 0.755. The second-order valence-corrected chi connectivity index (χ2v) is 2.56. The van der Waals surface area contributed by atoms with Crippen LogP contribution in [0.15, 0.2) is 35.4 Å². The van der Waals surface area contributed by atoms with Crippen molar-refractivity contribution in [2.45, 2.75) is 0 Å². The molecule has 0 unspecified atom stereocenters. The van der Waals surface area contributed by atoms with Gasteiger partial charge in [0, 0.05) is 7.05 Å². The highest BCUT2D eigenvalue weighted by Gasteiger charge is 1.92. The number of rotatable bonds is 2. The third-order valence-corrected chi connectivity index (χ3v) is 1.53. The Labute approximate surface area is 77.2 Å². The van der Waals surface area contributed by atoms with Crippen LogP contribution in [-0.2, 0) is 0 Å². The summed E-state index contributed by atoms with van der Waals surface area (Å²) < 4.78 is 0. The van der Waals surface area contributed by atoms with E-state index in [1.54, 1.807) is 13.3 Å². The predicted octanol–water partition coefficient (Wildman–Crippen LogP) is 0.846. The minimum absolute atomic E-state index is 0.0767. The lowest BCUT2D eigenvalue weighted by molar-refractivity contribution is 0.536. The molecule has 0 bridgehead atoms. The van der Waals surface area contributed by atoms with Crippen molar-refractivity contribution in [2.75, 3.05) is 7.05 Å². The van der Waals surface area contributed by atoms with E-state index in [-0.39, 0.29) is 5.96 Å². The Morgan fingerprint density at radius 2 is 2.08 bits per heavy atom. The highest BCUT2D eigenvalue weighted by atomic mass is 15.5. The Balaban J connectivity index is 2.64. The standard InChI is InChI=1S/C9H12N4/c1-13(9(10)11)12-7-8-5-3-2-4-6-8/h2-7H,1H3,(H3,10,11). The molecule has 0 fully saturated rings. The van der Waals surface area contributed by atoms with Gasteiger partial charge in [-0.15, -0.1) is 0 Å². The van der Waals surface area contributed by atoms with Crippen molar-refractivity contribution in [3.05, 3.63) is 35.9 Å². The number of hydrogen-bond acceptors (Lipinski definition) is 2. The van der Waals surface area contributed by atoms with Crippen molar-refractivity contribution in [3.63, 3.8) is 0 Å². The molecule has 0 aliphatic heterocycles. The van der Waals surface area contributed by atoms with Crippen molar-refractivity contribution < 1.29 is 0 Å². The Hall–Kier alpha value is -1.84. The van der Waals surface area contributed by atoms with Crippen LogP contribution < -0.4 is 5.73 Å². The second-order valence-electron chi connectivity index (χ2n) is 2.56. The van der Waals surface area contributed by atoms with Gasteiger partial charge < -0.3 is 5.73 Å². The fraction of sp³-hybridized carbons (Fsp3) is 0.111. The number of nitrogens with two attached hydrogens (primary N) is 1. The first-order chi connectivity index (χ1) is 6.20. The maximum absolute atomic E-state index is 7.06. The van der Waals surface area contributed by atoms with E-state index < -0.39 is 0 Å². The zero-order valence-electron chi connectivity index (χ0n) is 7.44. The Bertz CT molecular complexity index is 305. The summed E-state index contributed by atoms with van der Waals surface area (Å²) in [6.45, 7) is 0. The second kappa shape index (κ2) is 4.25. The van der Waals surface area contributed by atoms with Gasteiger partial charge in [0.25, 0.3) is 0 Å². The lowest BCUT2D eigenvalue weighted by Crippen LogP contribution is -2.28. The molecule has 0 aromatic heterocycles. The number of benzene rings is 1. The van der Waals surface area contributed by atoms with Gasteiger partial charge in [0.1, 0.15) is 0 Å². The Morgan fingerprint density at radius 1 is 1.46 bits per heavy atom. The first-order valence-electron chi connectivity index (χ1n) is 3.87. The molecule has 3 N–H and O–H groups in total. The molecule has 4 nitrogen and oxygen atoms in total. The van der Waals surface area contributed by atoms with Crippen LogP contribution in [0.4, 0.5) is 0 Å².